The lowest BCUT2D eigenvalue weighted by molar-refractivity contribution is -0.117. The number of ether oxygens (including phenoxy) is 2. The maximum absolute atomic E-state index is 12.7. The summed E-state index contributed by atoms with van der Waals surface area (Å²) >= 11 is 0. The van der Waals surface area contributed by atoms with Crippen LogP contribution in [0.25, 0.3) is 10.9 Å². The molecule has 0 saturated carbocycles. The number of anilines is 1. The van der Waals surface area contributed by atoms with Gasteiger partial charge in [0.25, 0.3) is 0 Å². The Kier molecular flexibility index (Phi) is 6.53. The zero-order valence-corrected chi connectivity index (χ0v) is 16.7. The molecule has 28 heavy (non-hydrogen) atoms. The van der Waals surface area contributed by atoms with Gasteiger partial charge in [0, 0.05) is 37.1 Å². The van der Waals surface area contributed by atoms with Gasteiger partial charge in [0.1, 0.15) is 11.4 Å². The van der Waals surface area contributed by atoms with E-state index in [-0.39, 0.29) is 24.8 Å². The van der Waals surface area contributed by atoms with Gasteiger partial charge in [0.15, 0.2) is 0 Å². The van der Waals surface area contributed by atoms with Crippen molar-refractivity contribution in [3.63, 3.8) is 0 Å². The lowest BCUT2D eigenvalue weighted by Crippen LogP contribution is -2.48. The summed E-state index contributed by atoms with van der Waals surface area (Å²) < 4.78 is 10.4. The van der Waals surface area contributed by atoms with Crippen molar-refractivity contribution in [1.29, 1.82) is 0 Å². The van der Waals surface area contributed by atoms with Crippen LogP contribution in [0, 0.1) is 0 Å². The van der Waals surface area contributed by atoms with Crippen molar-refractivity contribution in [2.75, 3.05) is 58.3 Å². The lowest BCUT2D eigenvalue weighted by Gasteiger charge is -2.33. The van der Waals surface area contributed by atoms with Crippen LogP contribution in [-0.4, -0.2) is 79.6 Å². The number of rotatable bonds is 7. The summed E-state index contributed by atoms with van der Waals surface area (Å²) in [7, 11) is 1.58. The fourth-order valence-corrected chi connectivity index (χ4v) is 3.43. The number of nitrogens with one attached hydrogen (secondary N) is 2. The normalized spacial score (nSPS) is 15.5. The van der Waals surface area contributed by atoms with Crippen LogP contribution in [0.1, 0.15) is 24.3 Å². The molecule has 2 heterocycles. The van der Waals surface area contributed by atoms with Crippen molar-refractivity contribution in [1.82, 2.24) is 14.8 Å². The summed E-state index contributed by atoms with van der Waals surface area (Å²) in [6.07, 6.45) is 0. The van der Waals surface area contributed by atoms with Crippen molar-refractivity contribution < 1.29 is 19.1 Å². The number of amides is 1. The number of hydrogen-bond acceptors (Lipinski definition) is 6. The number of likely N-dealkylation sites (N-methyl/N-ethyl adjacent to an activating group) is 1. The first-order valence-corrected chi connectivity index (χ1v) is 9.67. The van der Waals surface area contributed by atoms with E-state index in [9.17, 15) is 9.59 Å². The Balaban J connectivity index is 1.80. The average molecular weight is 388 g/mol. The van der Waals surface area contributed by atoms with Crippen LogP contribution in [0.2, 0.25) is 0 Å². The Bertz CT molecular complexity index is 840. The lowest BCUT2D eigenvalue weighted by atomic mass is 10.2. The molecule has 1 amide bonds. The number of esters is 1. The van der Waals surface area contributed by atoms with Gasteiger partial charge >= 0.3 is 5.97 Å². The van der Waals surface area contributed by atoms with Crippen LogP contribution in [0.4, 0.5) is 5.69 Å². The average Bonchev–Trinajstić information content (AvgIpc) is 3.06. The van der Waals surface area contributed by atoms with Gasteiger partial charge in [0.2, 0.25) is 5.91 Å². The fourth-order valence-electron chi connectivity index (χ4n) is 3.43. The smallest absolute Gasteiger partial charge is 0.356 e. The highest BCUT2D eigenvalue weighted by Gasteiger charge is 2.23. The molecule has 2 aromatic rings. The van der Waals surface area contributed by atoms with Crippen LogP contribution in [0.15, 0.2) is 18.2 Å². The Hall–Kier alpha value is -2.58. The number of methoxy groups -OCH3 is 1. The maximum atomic E-state index is 12.7. The van der Waals surface area contributed by atoms with E-state index in [1.807, 2.05) is 6.07 Å². The highest BCUT2D eigenvalue weighted by Crippen LogP contribution is 2.31. The zero-order chi connectivity index (χ0) is 20.1. The van der Waals surface area contributed by atoms with Crippen LogP contribution in [0.5, 0.6) is 5.75 Å². The van der Waals surface area contributed by atoms with Crippen molar-refractivity contribution >= 4 is 28.5 Å². The molecule has 1 aromatic heterocycles. The molecule has 2 N–H and O–H groups in total. The van der Waals surface area contributed by atoms with Gasteiger partial charge in [-0.3, -0.25) is 9.69 Å². The third-order valence-electron chi connectivity index (χ3n) is 5.03. The Morgan fingerprint density at radius 3 is 2.50 bits per heavy atom. The standard InChI is InChI=1S/C20H28N4O4/c1-4-23-8-10-24(11-9-23)13-17(25)22-18-15-12-14(27-3)6-7-16(15)21-19(18)20(26)28-5-2/h6-7,12,21H,4-5,8-11,13H2,1-3H3,(H,22,25). The Labute approximate surface area is 164 Å². The monoisotopic (exact) mass is 388 g/mol. The molecule has 0 aliphatic carbocycles. The second kappa shape index (κ2) is 9.07. The first-order chi connectivity index (χ1) is 13.5. The SMILES string of the molecule is CCOC(=O)c1[nH]c2ccc(OC)cc2c1NC(=O)CN1CCN(CC)CC1. The molecule has 1 aliphatic rings. The molecule has 3 rings (SSSR count). The number of H-pyrrole nitrogens is 1. The van der Waals surface area contributed by atoms with Crippen molar-refractivity contribution in [2.24, 2.45) is 0 Å². The number of fused-ring (bicyclic) bond motifs is 1. The van der Waals surface area contributed by atoms with Crippen LogP contribution in [0.3, 0.4) is 0 Å². The van der Waals surface area contributed by atoms with E-state index in [1.54, 1.807) is 26.2 Å². The molecular weight excluding hydrogens is 360 g/mol. The van der Waals surface area contributed by atoms with E-state index in [2.05, 4.69) is 27.0 Å². The molecule has 1 saturated heterocycles. The largest absolute Gasteiger partial charge is 0.497 e. The zero-order valence-electron chi connectivity index (χ0n) is 16.7. The van der Waals surface area contributed by atoms with E-state index in [4.69, 9.17) is 9.47 Å². The van der Waals surface area contributed by atoms with Gasteiger partial charge in [-0.05, 0) is 31.7 Å². The van der Waals surface area contributed by atoms with Gasteiger partial charge in [-0.1, -0.05) is 6.92 Å². The molecule has 1 aliphatic heterocycles. The van der Waals surface area contributed by atoms with Crippen LogP contribution >= 0.6 is 0 Å². The van der Waals surface area contributed by atoms with E-state index in [0.717, 1.165) is 38.2 Å². The van der Waals surface area contributed by atoms with Crippen molar-refractivity contribution in [3.05, 3.63) is 23.9 Å². The minimum atomic E-state index is -0.496. The number of hydrogen-bond donors (Lipinski definition) is 2. The number of nitrogens with zero attached hydrogens (tertiary/aromatic N) is 2. The molecule has 0 atom stereocenters. The van der Waals surface area contributed by atoms with Gasteiger partial charge in [-0.2, -0.15) is 0 Å². The molecule has 0 unspecified atom stereocenters. The van der Waals surface area contributed by atoms with E-state index < -0.39 is 5.97 Å². The van der Waals surface area contributed by atoms with Gasteiger partial charge < -0.3 is 24.7 Å². The van der Waals surface area contributed by atoms with Crippen molar-refractivity contribution in [2.45, 2.75) is 13.8 Å². The second-order valence-electron chi connectivity index (χ2n) is 6.77. The molecule has 0 radical (unpaired) electrons. The number of carbonyl (C=O) groups is 2. The van der Waals surface area contributed by atoms with Crippen LogP contribution in [-0.2, 0) is 9.53 Å². The minimum absolute atomic E-state index is 0.154. The third-order valence-corrected chi connectivity index (χ3v) is 5.03. The number of aromatic nitrogens is 1. The van der Waals surface area contributed by atoms with Gasteiger partial charge in [-0.15, -0.1) is 0 Å². The molecule has 152 valence electrons. The molecule has 1 fully saturated rings. The summed E-state index contributed by atoms with van der Waals surface area (Å²) in [5, 5.41) is 3.63. The first-order valence-electron chi connectivity index (χ1n) is 9.67. The summed E-state index contributed by atoms with van der Waals surface area (Å²) in [6, 6.07) is 5.41. The second-order valence-corrected chi connectivity index (χ2v) is 6.77. The van der Waals surface area contributed by atoms with Gasteiger partial charge in [0.05, 0.1) is 25.9 Å². The predicted molar refractivity (Wildman–Crippen MR) is 108 cm³/mol. The molecule has 8 nitrogen and oxygen atoms in total. The first kappa shape index (κ1) is 20.2. The molecule has 0 spiro atoms. The van der Waals surface area contributed by atoms with E-state index in [0.29, 0.717) is 16.8 Å². The quantitative estimate of drug-likeness (QED) is 0.705. The molecule has 0 bridgehead atoms. The predicted octanol–water partition coefficient (Wildman–Crippen LogP) is 1.93. The van der Waals surface area contributed by atoms with E-state index >= 15 is 0 Å². The Morgan fingerprint density at radius 2 is 1.86 bits per heavy atom. The number of aromatic amines is 1. The van der Waals surface area contributed by atoms with Gasteiger partial charge in [-0.25, -0.2) is 4.79 Å². The number of carbonyl (C=O) groups excluding carboxylic acids is 2. The highest BCUT2D eigenvalue weighted by molar-refractivity contribution is 6.11. The highest BCUT2D eigenvalue weighted by atomic mass is 16.5. The topological polar surface area (TPSA) is 86.9 Å². The number of benzene rings is 1. The molecule has 8 heteroatoms. The minimum Gasteiger partial charge on any atom is -0.497 e. The van der Waals surface area contributed by atoms with E-state index in [1.165, 1.54) is 0 Å². The molecule has 1 aromatic carbocycles. The summed E-state index contributed by atoms with van der Waals surface area (Å²) in [5.74, 6) is -0.00293. The fraction of sp³-hybridized carbons (Fsp3) is 0.500. The molecular formula is C20H28N4O4. The Morgan fingerprint density at radius 1 is 1.14 bits per heavy atom. The summed E-state index contributed by atoms with van der Waals surface area (Å²) in [6.45, 7) is 9.09. The maximum Gasteiger partial charge on any atom is 0.356 e. The summed E-state index contributed by atoms with van der Waals surface area (Å²) in [5.41, 5.74) is 1.41. The third kappa shape index (κ3) is 4.45. The summed E-state index contributed by atoms with van der Waals surface area (Å²) in [4.78, 5) is 32.6. The van der Waals surface area contributed by atoms with Crippen molar-refractivity contribution in [3.8, 4) is 5.75 Å². The number of piperazine rings is 1. The van der Waals surface area contributed by atoms with Crippen LogP contribution < -0.4 is 10.1 Å².